The van der Waals surface area contributed by atoms with Crippen molar-refractivity contribution in [2.24, 2.45) is 0 Å². The van der Waals surface area contributed by atoms with Crippen LogP contribution >= 0.6 is 0 Å². The van der Waals surface area contributed by atoms with Gasteiger partial charge in [-0.3, -0.25) is 0 Å². The normalized spacial score (nSPS) is 13.9. The van der Waals surface area contributed by atoms with E-state index >= 15 is 0 Å². The molecule has 1 unspecified atom stereocenters. The van der Waals surface area contributed by atoms with Crippen LogP contribution in [0, 0.1) is 0 Å². The Balaban J connectivity index is 3.97. The Morgan fingerprint density at radius 3 is 2.56 bits per heavy atom. The minimum absolute atomic E-state index is 0.351. The second-order valence-corrected chi connectivity index (χ2v) is 6.36. The Hall–Kier alpha value is -0.913. The lowest BCUT2D eigenvalue weighted by Gasteiger charge is -2.24. The number of hydrogen-bond acceptors (Lipinski definition) is 4. The molecule has 0 amide bonds. The van der Waals surface area contributed by atoms with Gasteiger partial charge in [-0.05, 0) is 25.1 Å². The predicted molar refractivity (Wildman–Crippen MR) is 65.2 cm³/mol. The molecule has 0 aliphatic carbocycles. The molecule has 0 heterocycles. The fourth-order valence-corrected chi connectivity index (χ4v) is 3.35. The molecule has 0 aromatic rings. The summed E-state index contributed by atoms with van der Waals surface area (Å²) in [5.74, 6) is -0.403. The lowest BCUT2D eigenvalue weighted by atomic mass is 10.5. The van der Waals surface area contributed by atoms with E-state index in [-0.39, 0.29) is 0 Å². The molecule has 0 saturated heterocycles. The molecule has 0 aromatic heterocycles. The van der Waals surface area contributed by atoms with Crippen molar-refractivity contribution >= 4 is 14.5 Å². The molecular weight excluding hydrogens is 224 g/mol. The van der Waals surface area contributed by atoms with Crippen LogP contribution in [0.4, 0.5) is 0 Å². The third-order valence-corrected chi connectivity index (χ3v) is 5.27. The van der Waals surface area contributed by atoms with Crippen LogP contribution in [0.1, 0.15) is 13.3 Å². The third-order valence-electron chi connectivity index (χ3n) is 2.13. The van der Waals surface area contributed by atoms with Gasteiger partial charge in [-0.15, -0.1) is 6.58 Å². The number of carbonyl (C=O) groups excluding carboxylic acids is 1. The van der Waals surface area contributed by atoms with Gasteiger partial charge in [-0.2, -0.15) is 0 Å². The molecule has 0 fully saturated rings. The van der Waals surface area contributed by atoms with Gasteiger partial charge in [0, 0.05) is 19.8 Å². The summed E-state index contributed by atoms with van der Waals surface area (Å²) in [6.07, 6.45) is 1.85. The van der Waals surface area contributed by atoms with E-state index in [0.29, 0.717) is 19.6 Å². The summed E-state index contributed by atoms with van der Waals surface area (Å²) in [7, 11) is -0.655. The van der Waals surface area contributed by atoms with Gasteiger partial charge in [0.1, 0.15) is 0 Å². The molecule has 0 rings (SSSR count). The Morgan fingerprint density at radius 1 is 1.44 bits per heavy atom. The molecule has 0 N–H and O–H groups in total. The molecule has 16 heavy (non-hydrogen) atoms. The summed E-state index contributed by atoms with van der Waals surface area (Å²) >= 11 is 0. The maximum Gasteiger partial charge on any atom is 0.364 e. The Morgan fingerprint density at radius 2 is 2.12 bits per heavy atom. The molecule has 5 heteroatoms. The summed E-state index contributed by atoms with van der Waals surface area (Å²) in [4.78, 5) is 10.8. The van der Waals surface area contributed by atoms with Crippen LogP contribution in [-0.2, 0) is 18.4 Å². The summed E-state index contributed by atoms with van der Waals surface area (Å²) in [6.45, 7) is 9.92. The van der Waals surface area contributed by atoms with E-state index in [9.17, 15) is 4.79 Å². The number of carbonyl (C=O) groups is 1. The first-order valence-electron chi connectivity index (χ1n) is 5.26. The van der Waals surface area contributed by atoms with Gasteiger partial charge in [0.05, 0.1) is 6.61 Å². The highest BCUT2D eigenvalue weighted by atomic mass is 28.4. The summed E-state index contributed by atoms with van der Waals surface area (Å²) < 4.78 is 15.9. The van der Waals surface area contributed by atoms with E-state index in [4.69, 9.17) is 13.6 Å². The fourth-order valence-electron chi connectivity index (χ4n) is 1.27. The van der Waals surface area contributed by atoms with Crippen LogP contribution in [0.3, 0.4) is 0 Å². The van der Waals surface area contributed by atoms with Crippen LogP contribution in [0.15, 0.2) is 24.9 Å². The molecule has 1 atom stereocenters. The van der Waals surface area contributed by atoms with E-state index in [2.05, 4.69) is 13.2 Å². The van der Waals surface area contributed by atoms with Crippen molar-refractivity contribution in [3.63, 3.8) is 0 Å². The average molecular weight is 244 g/mol. The number of rotatable bonds is 9. The second kappa shape index (κ2) is 8.26. The molecule has 0 aliphatic heterocycles. The molecule has 4 nitrogen and oxygen atoms in total. The van der Waals surface area contributed by atoms with Crippen LogP contribution < -0.4 is 0 Å². The highest BCUT2D eigenvalue weighted by Crippen LogP contribution is 2.16. The van der Waals surface area contributed by atoms with Crippen LogP contribution in [0.25, 0.3) is 0 Å². The van der Waals surface area contributed by atoms with Gasteiger partial charge in [0.2, 0.25) is 0 Å². The Kier molecular flexibility index (Phi) is 7.79. The SMILES string of the molecule is C=CC(=O)OCCC[Si](C=C)(OC)OCC. The van der Waals surface area contributed by atoms with Crippen molar-refractivity contribution < 1.29 is 18.4 Å². The lowest BCUT2D eigenvalue weighted by molar-refractivity contribution is -0.137. The predicted octanol–water partition coefficient (Wildman–Crippen LogP) is 1.96. The molecule has 0 saturated carbocycles. The maximum atomic E-state index is 10.8. The van der Waals surface area contributed by atoms with Gasteiger partial charge in [0.25, 0.3) is 0 Å². The number of hydrogen-bond donors (Lipinski definition) is 0. The summed E-state index contributed by atoms with van der Waals surface area (Å²) in [5, 5.41) is 0. The van der Waals surface area contributed by atoms with E-state index in [1.54, 1.807) is 12.8 Å². The lowest BCUT2D eigenvalue weighted by Crippen LogP contribution is -2.39. The van der Waals surface area contributed by atoms with E-state index in [1.165, 1.54) is 0 Å². The van der Waals surface area contributed by atoms with Gasteiger partial charge in [-0.25, -0.2) is 4.79 Å². The first kappa shape index (κ1) is 15.1. The molecular formula is C11H20O4Si. The van der Waals surface area contributed by atoms with Gasteiger partial charge < -0.3 is 13.6 Å². The van der Waals surface area contributed by atoms with Crippen molar-refractivity contribution in [1.82, 2.24) is 0 Å². The Labute approximate surface area is 98.1 Å². The number of ether oxygens (including phenoxy) is 1. The van der Waals surface area contributed by atoms with Crippen molar-refractivity contribution in [3.8, 4) is 0 Å². The molecule has 92 valence electrons. The molecule has 0 spiro atoms. The highest BCUT2D eigenvalue weighted by Gasteiger charge is 2.31. The van der Waals surface area contributed by atoms with Crippen molar-refractivity contribution in [3.05, 3.63) is 24.9 Å². The average Bonchev–Trinajstić information content (AvgIpc) is 2.32. The van der Waals surface area contributed by atoms with Gasteiger partial charge in [0.15, 0.2) is 0 Å². The van der Waals surface area contributed by atoms with E-state index < -0.39 is 14.5 Å². The fraction of sp³-hybridized carbons (Fsp3) is 0.545. The monoisotopic (exact) mass is 244 g/mol. The number of esters is 1. The van der Waals surface area contributed by atoms with Gasteiger partial charge in [-0.1, -0.05) is 6.58 Å². The Bertz CT molecular complexity index is 242. The van der Waals surface area contributed by atoms with Crippen molar-refractivity contribution in [2.45, 2.75) is 19.4 Å². The third kappa shape index (κ3) is 5.25. The molecule has 0 aromatic carbocycles. The van der Waals surface area contributed by atoms with E-state index in [1.807, 2.05) is 6.92 Å². The minimum Gasteiger partial charge on any atom is -0.463 e. The second-order valence-electron chi connectivity index (χ2n) is 3.13. The maximum absolute atomic E-state index is 10.8. The highest BCUT2D eigenvalue weighted by molar-refractivity contribution is 6.72. The summed E-state index contributed by atoms with van der Waals surface area (Å²) in [6, 6.07) is 0.727. The minimum atomic E-state index is -2.28. The smallest absolute Gasteiger partial charge is 0.364 e. The first-order chi connectivity index (χ1) is 7.64. The summed E-state index contributed by atoms with van der Waals surface area (Å²) in [5.41, 5.74) is 1.76. The van der Waals surface area contributed by atoms with Crippen LogP contribution in [-0.4, -0.2) is 34.9 Å². The van der Waals surface area contributed by atoms with Crippen molar-refractivity contribution in [2.75, 3.05) is 20.3 Å². The zero-order valence-electron chi connectivity index (χ0n) is 10.0. The van der Waals surface area contributed by atoms with E-state index in [0.717, 1.165) is 12.1 Å². The topological polar surface area (TPSA) is 44.8 Å². The first-order valence-corrected chi connectivity index (χ1v) is 7.36. The molecule has 0 aliphatic rings. The standard InChI is InChI=1S/C11H20O4Si/c1-5-11(12)14-9-8-10-16(7-3,13-4)15-6-2/h5,7H,1,3,6,8-10H2,2,4H3. The molecule has 0 bridgehead atoms. The quantitative estimate of drug-likeness (QED) is 0.269. The zero-order valence-corrected chi connectivity index (χ0v) is 11.0. The van der Waals surface area contributed by atoms with Crippen LogP contribution in [0.2, 0.25) is 6.04 Å². The van der Waals surface area contributed by atoms with Gasteiger partial charge >= 0.3 is 14.5 Å². The van der Waals surface area contributed by atoms with Crippen molar-refractivity contribution in [1.29, 1.82) is 0 Å². The van der Waals surface area contributed by atoms with Crippen LogP contribution in [0.5, 0.6) is 0 Å². The largest absolute Gasteiger partial charge is 0.463 e. The zero-order chi connectivity index (χ0) is 12.4. The molecule has 0 radical (unpaired) electrons.